The Labute approximate surface area is 120 Å². The number of aromatic carboxylic acids is 1. The number of hydrogen-bond donors (Lipinski definition) is 2. The molecular weight excluding hydrogens is 256 g/mol. The summed E-state index contributed by atoms with van der Waals surface area (Å²) in [5.74, 6) is -1.06. The molecule has 0 saturated heterocycles. The Kier molecular flexibility index (Phi) is 7.87. The number of aryl methyl sites for hydroxylation is 1. The highest BCUT2D eigenvalue weighted by Crippen LogP contribution is 2.10. The minimum absolute atomic E-state index is 0.0212. The average Bonchev–Trinajstić information content (AvgIpc) is 2.85. The molecule has 0 unspecified atom stereocenters. The van der Waals surface area contributed by atoms with E-state index in [-0.39, 0.29) is 12.2 Å². The highest BCUT2D eigenvalue weighted by molar-refractivity contribution is 5.86. The van der Waals surface area contributed by atoms with Crippen molar-refractivity contribution < 1.29 is 9.90 Å². The molecule has 1 rings (SSSR count). The molecule has 0 aromatic carbocycles. The first-order valence-corrected chi connectivity index (χ1v) is 7.56. The minimum Gasteiger partial charge on any atom is -0.476 e. The number of nitrogens with two attached hydrogens (primary N) is 1. The van der Waals surface area contributed by atoms with Crippen LogP contribution in [-0.4, -0.2) is 26.1 Å². The summed E-state index contributed by atoms with van der Waals surface area (Å²) in [7, 11) is 0. The Morgan fingerprint density at radius 3 is 2.30 bits per heavy atom. The molecule has 0 atom stereocenters. The second kappa shape index (κ2) is 9.47. The smallest absolute Gasteiger partial charge is 0.358 e. The van der Waals surface area contributed by atoms with Gasteiger partial charge >= 0.3 is 5.97 Å². The van der Waals surface area contributed by atoms with Gasteiger partial charge in [-0.05, 0) is 6.42 Å². The molecule has 1 aromatic heterocycles. The van der Waals surface area contributed by atoms with Gasteiger partial charge in [0.2, 0.25) is 0 Å². The zero-order valence-electron chi connectivity index (χ0n) is 12.3. The SMILES string of the molecule is CCCCCCCCCCn1nnc(C(=O)O)c1CN. The maximum absolute atomic E-state index is 10.9. The van der Waals surface area contributed by atoms with Gasteiger partial charge < -0.3 is 10.8 Å². The van der Waals surface area contributed by atoms with Crippen molar-refractivity contribution in [3.05, 3.63) is 11.4 Å². The molecular formula is C14H26N4O2. The van der Waals surface area contributed by atoms with Gasteiger partial charge in [-0.2, -0.15) is 0 Å². The molecule has 0 fully saturated rings. The molecule has 0 aliphatic rings. The number of carboxylic acid groups (broad SMARTS) is 1. The lowest BCUT2D eigenvalue weighted by Crippen LogP contribution is -2.12. The van der Waals surface area contributed by atoms with E-state index in [9.17, 15) is 4.79 Å². The number of rotatable bonds is 11. The number of unbranched alkanes of at least 4 members (excludes halogenated alkanes) is 7. The van der Waals surface area contributed by atoms with E-state index >= 15 is 0 Å². The van der Waals surface area contributed by atoms with Crippen molar-refractivity contribution >= 4 is 5.97 Å². The van der Waals surface area contributed by atoms with Crippen molar-refractivity contribution in [3.63, 3.8) is 0 Å². The lowest BCUT2D eigenvalue weighted by atomic mass is 10.1. The van der Waals surface area contributed by atoms with Crippen molar-refractivity contribution in [2.24, 2.45) is 5.73 Å². The molecule has 20 heavy (non-hydrogen) atoms. The molecule has 0 aliphatic carbocycles. The summed E-state index contributed by atoms with van der Waals surface area (Å²) in [4.78, 5) is 10.9. The number of carbonyl (C=O) groups is 1. The summed E-state index contributed by atoms with van der Waals surface area (Å²) in [5, 5.41) is 16.5. The van der Waals surface area contributed by atoms with Crippen LogP contribution in [0.4, 0.5) is 0 Å². The third kappa shape index (κ3) is 5.28. The zero-order chi connectivity index (χ0) is 14.8. The zero-order valence-corrected chi connectivity index (χ0v) is 12.3. The fraction of sp³-hybridized carbons (Fsp3) is 0.786. The molecule has 0 spiro atoms. The number of aromatic nitrogens is 3. The predicted octanol–water partition coefficient (Wildman–Crippen LogP) is 2.58. The van der Waals surface area contributed by atoms with Gasteiger partial charge in [-0.15, -0.1) is 5.10 Å². The van der Waals surface area contributed by atoms with E-state index in [0.29, 0.717) is 12.2 Å². The Hall–Kier alpha value is -1.43. The first-order chi connectivity index (χ1) is 9.70. The van der Waals surface area contributed by atoms with Gasteiger partial charge in [0.15, 0.2) is 5.69 Å². The third-order valence-electron chi connectivity index (χ3n) is 3.46. The normalized spacial score (nSPS) is 10.9. The largest absolute Gasteiger partial charge is 0.476 e. The fourth-order valence-corrected chi connectivity index (χ4v) is 2.28. The predicted molar refractivity (Wildman–Crippen MR) is 77.5 cm³/mol. The number of hydrogen-bond acceptors (Lipinski definition) is 4. The Balaban J connectivity index is 2.23. The van der Waals surface area contributed by atoms with Gasteiger partial charge in [-0.1, -0.05) is 57.1 Å². The molecule has 3 N–H and O–H groups in total. The van der Waals surface area contributed by atoms with Crippen molar-refractivity contribution in [1.82, 2.24) is 15.0 Å². The van der Waals surface area contributed by atoms with E-state index in [4.69, 9.17) is 10.8 Å². The van der Waals surface area contributed by atoms with Gasteiger partial charge in [0, 0.05) is 13.1 Å². The molecule has 0 amide bonds. The summed E-state index contributed by atoms with van der Waals surface area (Å²) < 4.78 is 1.63. The first-order valence-electron chi connectivity index (χ1n) is 7.56. The Morgan fingerprint density at radius 1 is 1.15 bits per heavy atom. The number of nitrogens with zero attached hydrogens (tertiary/aromatic N) is 3. The van der Waals surface area contributed by atoms with Crippen molar-refractivity contribution in [3.8, 4) is 0 Å². The molecule has 0 aliphatic heterocycles. The van der Waals surface area contributed by atoms with E-state index in [1.165, 1.54) is 38.5 Å². The van der Waals surface area contributed by atoms with Crippen LogP contribution in [0.1, 0.15) is 74.5 Å². The summed E-state index contributed by atoms with van der Waals surface area (Å²) in [6.07, 6.45) is 9.88. The van der Waals surface area contributed by atoms with E-state index < -0.39 is 5.97 Å². The van der Waals surface area contributed by atoms with E-state index in [0.717, 1.165) is 12.8 Å². The van der Waals surface area contributed by atoms with Crippen LogP contribution < -0.4 is 5.73 Å². The molecule has 6 heteroatoms. The van der Waals surface area contributed by atoms with Crippen LogP contribution in [-0.2, 0) is 13.1 Å². The average molecular weight is 282 g/mol. The molecule has 0 radical (unpaired) electrons. The molecule has 114 valence electrons. The lowest BCUT2D eigenvalue weighted by Gasteiger charge is -2.05. The molecule has 6 nitrogen and oxygen atoms in total. The van der Waals surface area contributed by atoms with E-state index in [1.807, 2.05) is 0 Å². The minimum atomic E-state index is -1.06. The summed E-state index contributed by atoms with van der Waals surface area (Å²) >= 11 is 0. The molecule has 1 heterocycles. The van der Waals surface area contributed by atoms with Gasteiger partial charge in [0.25, 0.3) is 0 Å². The lowest BCUT2D eigenvalue weighted by molar-refractivity contribution is 0.0689. The second-order valence-electron chi connectivity index (χ2n) is 5.09. The summed E-state index contributed by atoms with van der Waals surface area (Å²) in [6, 6.07) is 0. The van der Waals surface area contributed by atoms with Crippen LogP contribution in [0.2, 0.25) is 0 Å². The topological polar surface area (TPSA) is 94.0 Å². The molecule has 0 saturated carbocycles. The fourth-order valence-electron chi connectivity index (χ4n) is 2.28. The monoisotopic (exact) mass is 282 g/mol. The van der Waals surface area contributed by atoms with E-state index in [2.05, 4.69) is 17.2 Å². The van der Waals surface area contributed by atoms with E-state index in [1.54, 1.807) is 4.68 Å². The number of carboxylic acids is 1. The highest BCUT2D eigenvalue weighted by Gasteiger charge is 2.16. The van der Waals surface area contributed by atoms with Crippen LogP contribution in [0.25, 0.3) is 0 Å². The summed E-state index contributed by atoms with van der Waals surface area (Å²) in [5.41, 5.74) is 6.06. The van der Waals surface area contributed by atoms with Crippen LogP contribution in [0.3, 0.4) is 0 Å². The van der Waals surface area contributed by atoms with Crippen molar-refractivity contribution in [1.29, 1.82) is 0 Å². The molecule has 0 bridgehead atoms. The second-order valence-corrected chi connectivity index (χ2v) is 5.09. The first kappa shape index (κ1) is 16.6. The van der Waals surface area contributed by atoms with Gasteiger partial charge in [-0.25, -0.2) is 9.48 Å². The van der Waals surface area contributed by atoms with Crippen LogP contribution in [0.5, 0.6) is 0 Å². The van der Waals surface area contributed by atoms with Crippen LogP contribution in [0.15, 0.2) is 0 Å². The van der Waals surface area contributed by atoms with Crippen LogP contribution >= 0.6 is 0 Å². The molecule has 1 aromatic rings. The van der Waals surface area contributed by atoms with Gasteiger partial charge in [0.1, 0.15) is 0 Å². The van der Waals surface area contributed by atoms with Gasteiger partial charge in [0.05, 0.1) is 5.69 Å². The standard InChI is InChI=1S/C14H26N4O2/c1-2-3-4-5-6-7-8-9-10-18-12(11-15)13(14(19)20)16-17-18/h2-11,15H2,1H3,(H,19,20). The van der Waals surface area contributed by atoms with Crippen molar-refractivity contribution in [2.45, 2.75) is 71.4 Å². The van der Waals surface area contributed by atoms with Gasteiger partial charge in [-0.3, -0.25) is 0 Å². The van der Waals surface area contributed by atoms with Crippen molar-refractivity contribution in [2.75, 3.05) is 0 Å². The third-order valence-corrected chi connectivity index (χ3v) is 3.46. The quantitative estimate of drug-likeness (QED) is 0.608. The Morgan fingerprint density at radius 2 is 1.75 bits per heavy atom. The maximum atomic E-state index is 10.9. The Bertz CT molecular complexity index is 404. The summed E-state index contributed by atoms with van der Waals surface area (Å²) in [6.45, 7) is 3.08. The maximum Gasteiger partial charge on any atom is 0.358 e. The highest BCUT2D eigenvalue weighted by atomic mass is 16.4. The van der Waals surface area contributed by atoms with Crippen LogP contribution in [0, 0.1) is 0 Å².